The third-order valence-electron chi connectivity index (χ3n) is 2.37. The van der Waals surface area contributed by atoms with Crippen LogP contribution in [-0.4, -0.2) is 0 Å². The molecule has 0 aliphatic carbocycles. The van der Waals surface area contributed by atoms with Gasteiger partial charge in [-0.05, 0) is 29.0 Å². The van der Waals surface area contributed by atoms with Gasteiger partial charge in [-0.1, -0.05) is 57.0 Å². The minimum Gasteiger partial charge on any atom is -0.0827 e. The fraction of sp³-hybridized carbons (Fsp3) is 0.500. The maximum Gasteiger partial charge on any atom is 0.0627 e. The lowest BCUT2D eigenvalue weighted by Gasteiger charge is -2.14. The predicted molar refractivity (Wildman–Crippen MR) is 64.6 cm³/mol. The molecule has 0 radical (unpaired) electrons. The highest BCUT2D eigenvalue weighted by molar-refractivity contribution is 6.42. The zero-order valence-electron chi connectivity index (χ0n) is 9.07. The average Bonchev–Trinajstić information content (AvgIpc) is 2.08. The standard InChI is InChI=1S/C12H16Cl2/c1-7(2)9-5-10(8(3)4)12(14)11(13)6-9/h5-8H,1-4H3. The van der Waals surface area contributed by atoms with Crippen LogP contribution in [0.3, 0.4) is 0 Å². The van der Waals surface area contributed by atoms with Crippen molar-refractivity contribution in [1.29, 1.82) is 0 Å². The monoisotopic (exact) mass is 230 g/mol. The normalized spacial score (nSPS) is 11.4. The molecule has 0 aliphatic rings. The molecule has 0 aromatic heterocycles. The Balaban J connectivity index is 3.28. The SMILES string of the molecule is CC(C)c1cc(Cl)c(Cl)c(C(C)C)c1. The van der Waals surface area contributed by atoms with E-state index < -0.39 is 0 Å². The second kappa shape index (κ2) is 4.55. The van der Waals surface area contributed by atoms with E-state index >= 15 is 0 Å². The van der Waals surface area contributed by atoms with Crippen molar-refractivity contribution in [2.45, 2.75) is 39.5 Å². The Labute approximate surface area is 96.2 Å². The number of rotatable bonds is 2. The van der Waals surface area contributed by atoms with E-state index in [0.717, 1.165) is 5.56 Å². The Kier molecular flexibility index (Phi) is 3.86. The lowest BCUT2D eigenvalue weighted by Crippen LogP contribution is -1.95. The zero-order chi connectivity index (χ0) is 10.9. The van der Waals surface area contributed by atoms with Gasteiger partial charge in [0.2, 0.25) is 0 Å². The van der Waals surface area contributed by atoms with E-state index in [1.807, 2.05) is 6.07 Å². The Hall–Kier alpha value is -0.200. The zero-order valence-corrected chi connectivity index (χ0v) is 10.6. The van der Waals surface area contributed by atoms with Crippen molar-refractivity contribution >= 4 is 23.2 Å². The van der Waals surface area contributed by atoms with E-state index in [1.165, 1.54) is 5.56 Å². The minimum atomic E-state index is 0.415. The minimum absolute atomic E-state index is 0.415. The van der Waals surface area contributed by atoms with Crippen molar-refractivity contribution < 1.29 is 0 Å². The summed E-state index contributed by atoms with van der Waals surface area (Å²) in [7, 11) is 0. The first kappa shape index (κ1) is 11.9. The molecule has 0 bridgehead atoms. The van der Waals surface area contributed by atoms with E-state index in [1.54, 1.807) is 0 Å². The van der Waals surface area contributed by atoms with Gasteiger partial charge in [-0.15, -0.1) is 0 Å². The molecule has 14 heavy (non-hydrogen) atoms. The molecular formula is C12H16Cl2. The van der Waals surface area contributed by atoms with Gasteiger partial charge in [0, 0.05) is 0 Å². The van der Waals surface area contributed by atoms with Gasteiger partial charge >= 0.3 is 0 Å². The fourth-order valence-corrected chi connectivity index (χ4v) is 1.95. The van der Waals surface area contributed by atoms with Gasteiger partial charge in [0.25, 0.3) is 0 Å². The molecule has 0 N–H and O–H groups in total. The van der Waals surface area contributed by atoms with Gasteiger partial charge in [-0.25, -0.2) is 0 Å². The smallest absolute Gasteiger partial charge is 0.0627 e. The first-order chi connectivity index (χ1) is 6.43. The van der Waals surface area contributed by atoms with E-state index in [2.05, 4.69) is 33.8 Å². The Morgan fingerprint density at radius 2 is 1.50 bits per heavy atom. The quantitative estimate of drug-likeness (QED) is 0.652. The second-order valence-corrected chi connectivity index (χ2v) is 5.00. The lowest BCUT2D eigenvalue weighted by atomic mass is 9.96. The van der Waals surface area contributed by atoms with Gasteiger partial charge < -0.3 is 0 Å². The van der Waals surface area contributed by atoms with Crippen molar-refractivity contribution in [1.82, 2.24) is 0 Å². The van der Waals surface area contributed by atoms with Crippen LogP contribution in [-0.2, 0) is 0 Å². The van der Waals surface area contributed by atoms with Crippen LogP contribution >= 0.6 is 23.2 Å². The van der Waals surface area contributed by atoms with Gasteiger partial charge in [0.15, 0.2) is 0 Å². The van der Waals surface area contributed by atoms with Crippen LogP contribution in [0.4, 0.5) is 0 Å². The van der Waals surface area contributed by atoms with Gasteiger partial charge in [0.05, 0.1) is 10.0 Å². The topological polar surface area (TPSA) is 0 Å². The molecule has 0 fully saturated rings. The van der Waals surface area contributed by atoms with Crippen molar-refractivity contribution in [3.63, 3.8) is 0 Å². The number of halogens is 2. The molecule has 0 amide bonds. The average molecular weight is 231 g/mol. The molecule has 2 heteroatoms. The molecule has 1 aromatic rings. The molecule has 0 nitrogen and oxygen atoms in total. The summed E-state index contributed by atoms with van der Waals surface area (Å²) in [4.78, 5) is 0. The van der Waals surface area contributed by atoms with Crippen LogP contribution in [0.25, 0.3) is 0 Å². The van der Waals surface area contributed by atoms with Crippen LogP contribution in [0, 0.1) is 0 Å². The summed E-state index contributed by atoms with van der Waals surface area (Å²) in [5.74, 6) is 0.904. The van der Waals surface area contributed by atoms with E-state index in [-0.39, 0.29) is 0 Å². The van der Waals surface area contributed by atoms with Crippen molar-refractivity contribution in [2.75, 3.05) is 0 Å². The molecule has 0 atom stereocenters. The molecule has 0 saturated heterocycles. The Bertz CT molecular complexity index is 327. The number of hydrogen-bond acceptors (Lipinski definition) is 0. The Morgan fingerprint density at radius 1 is 0.929 bits per heavy atom. The molecule has 1 rings (SSSR count). The first-order valence-electron chi connectivity index (χ1n) is 4.92. The summed E-state index contributed by atoms with van der Waals surface area (Å²) in [6.45, 7) is 8.57. The second-order valence-electron chi connectivity index (χ2n) is 4.22. The van der Waals surface area contributed by atoms with Gasteiger partial charge in [-0.3, -0.25) is 0 Å². The fourth-order valence-electron chi connectivity index (χ4n) is 1.39. The number of hydrogen-bond donors (Lipinski definition) is 0. The third-order valence-corrected chi connectivity index (χ3v) is 3.18. The molecule has 78 valence electrons. The van der Waals surface area contributed by atoms with Gasteiger partial charge in [-0.2, -0.15) is 0 Å². The molecule has 1 aromatic carbocycles. The molecule has 0 spiro atoms. The van der Waals surface area contributed by atoms with Crippen molar-refractivity contribution in [3.05, 3.63) is 33.3 Å². The summed E-state index contributed by atoms with van der Waals surface area (Å²) < 4.78 is 0. The Morgan fingerprint density at radius 3 is 1.93 bits per heavy atom. The van der Waals surface area contributed by atoms with Crippen LogP contribution < -0.4 is 0 Å². The first-order valence-corrected chi connectivity index (χ1v) is 5.68. The van der Waals surface area contributed by atoms with Crippen LogP contribution in [0.2, 0.25) is 10.0 Å². The molecule has 0 saturated carbocycles. The van der Waals surface area contributed by atoms with Crippen molar-refractivity contribution in [2.24, 2.45) is 0 Å². The highest BCUT2D eigenvalue weighted by Gasteiger charge is 2.11. The largest absolute Gasteiger partial charge is 0.0827 e. The van der Waals surface area contributed by atoms with Gasteiger partial charge in [0.1, 0.15) is 0 Å². The highest BCUT2D eigenvalue weighted by atomic mass is 35.5. The van der Waals surface area contributed by atoms with E-state index in [9.17, 15) is 0 Å². The summed E-state index contributed by atoms with van der Waals surface area (Å²) in [6, 6.07) is 4.12. The summed E-state index contributed by atoms with van der Waals surface area (Å²) in [5, 5.41) is 1.37. The van der Waals surface area contributed by atoms with Crippen molar-refractivity contribution in [3.8, 4) is 0 Å². The van der Waals surface area contributed by atoms with E-state index in [4.69, 9.17) is 23.2 Å². The predicted octanol–water partition coefficient (Wildman–Crippen LogP) is 5.24. The summed E-state index contributed by atoms with van der Waals surface area (Å²) in [5.41, 5.74) is 2.39. The lowest BCUT2D eigenvalue weighted by molar-refractivity contribution is 0.834. The summed E-state index contributed by atoms with van der Waals surface area (Å²) in [6.07, 6.45) is 0. The third kappa shape index (κ3) is 2.43. The molecule has 0 aliphatic heterocycles. The maximum absolute atomic E-state index is 6.13. The molecule has 0 unspecified atom stereocenters. The number of benzene rings is 1. The highest BCUT2D eigenvalue weighted by Crippen LogP contribution is 2.34. The van der Waals surface area contributed by atoms with Crippen LogP contribution in [0.5, 0.6) is 0 Å². The molecule has 0 heterocycles. The van der Waals surface area contributed by atoms with Crippen LogP contribution in [0.15, 0.2) is 12.1 Å². The molecular weight excluding hydrogens is 215 g/mol. The van der Waals surface area contributed by atoms with Crippen LogP contribution in [0.1, 0.15) is 50.7 Å². The summed E-state index contributed by atoms with van der Waals surface area (Å²) >= 11 is 12.2. The van der Waals surface area contributed by atoms with E-state index in [0.29, 0.717) is 21.9 Å². The maximum atomic E-state index is 6.13.